The zero-order chi connectivity index (χ0) is 15.9. The van der Waals surface area contributed by atoms with Crippen LogP contribution in [0.25, 0.3) is 6.08 Å². The number of thioether (sulfide) groups is 1. The minimum absolute atomic E-state index is 0.0102. The number of carbonyl (C=O) groups is 1. The van der Waals surface area contributed by atoms with Crippen molar-refractivity contribution in [2.45, 2.75) is 12.5 Å². The van der Waals surface area contributed by atoms with Crippen LogP contribution < -0.4 is 0 Å². The molecule has 116 valence electrons. The van der Waals surface area contributed by atoms with Crippen LogP contribution in [0.15, 0.2) is 29.2 Å². The van der Waals surface area contributed by atoms with Gasteiger partial charge >= 0.3 is 0 Å². The maximum Gasteiger partial charge on any atom is 0.266 e. The van der Waals surface area contributed by atoms with E-state index in [9.17, 15) is 13.2 Å². The summed E-state index contributed by atoms with van der Waals surface area (Å²) in [5, 5.41) is 0. The first-order valence-electron chi connectivity index (χ1n) is 6.59. The largest absolute Gasteiger partial charge is 0.289 e. The Hall–Kier alpha value is -0.450. The molecule has 1 aromatic carbocycles. The van der Waals surface area contributed by atoms with E-state index in [1.165, 1.54) is 16.7 Å². The van der Waals surface area contributed by atoms with Gasteiger partial charge in [0.25, 0.3) is 5.91 Å². The molecule has 2 saturated heterocycles. The van der Waals surface area contributed by atoms with E-state index in [0.717, 1.165) is 9.13 Å². The number of sulfone groups is 1. The minimum atomic E-state index is -3.04. The van der Waals surface area contributed by atoms with Gasteiger partial charge < -0.3 is 0 Å². The number of benzene rings is 1. The molecule has 2 aliphatic rings. The van der Waals surface area contributed by atoms with Crippen molar-refractivity contribution in [2.75, 3.05) is 11.5 Å². The average molecular weight is 465 g/mol. The molecule has 0 unspecified atom stereocenters. The van der Waals surface area contributed by atoms with E-state index in [4.69, 9.17) is 12.2 Å². The lowest BCUT2D eigenvalue weighted by Crippen LogP contribution is -2.39. The van der Waals surface area contributed by atoms with Crippen molar-refractivity contribution in [3.63, 3.8) is 0 Å². The Bertz CT molecular complexity index is 771. The van der Waals surface area contributed by atoms with E-state index in [1.807, 2.05) is 24.3 Å². The molecule has 0 bridgehead atoms. The first-order valence-corrected chi connectivity index (χ1v) is 10.7. The van der Waals surface area contributed by atoms with Gasteiger partial charge in [0.1, 0.15) is 4.32 Å². The highest BCUT2D eigenvalue weighted by molar-refractivity contribution is 14.1. The molecule has 3 rings (SSSR count). The van der Waals surface area contributed by atoms with Crippen molar-refractivity contribution in [1.29, 1.82) is 0 Å². The van der Waals surface area contributed by atoms with Crippen LogP contribution >= 0.6 is 46.6 Å². The number of hydrogen-bond acceptors (Lipinski definition) is 5. The molecule has 0 aromatic heterocycles. The predicted octanol–water partition coefficient (Wildman–Crippen LogP) is 2.68. The lowest BCUT2D eigenvalue weighted by molar-refractivity contribution is -0.123. The molecule has 1 atom stereocenters. The molecule has 2 heterocycles. The predicted molar refractivity (Wildman–Crippen MR) is 101 cm³/mol. The Morgan fingerprint density at radius 3 is 2.59 bits per heavy atom. The van der Waals surface area contributed by atoms with E-state index < -0.39 is 9.84 Å². The van der Waals surface area contributed by atoms with E-state index in [2.05, 4.69) is 22.6 Å². The lowest BCUT2D eigenvalue weighted by atomic mass is 10.2. The Labute approximate surface area is 152 Å². The van der Waals surface area contributed by atoms with Gasteiger partial charge in [-0.05, 0) is 52.8 Å². The molecule has 0 spiro atoms. The number of nitrogens with zero attached hydrogens (tertiary/aromatic N) is 1. The highest BCUT2D eigenvalue weighted by Crippen LogP contribution is 2.36. The number of hydrogen-bond donors (Lipinski definition) is 0. The molecule has 1 amide bonds. The van der Waals surface area contributed by atoms with Crippen molar-refractivity contribution in [2.24, 2.45) is 0 Å². The maximum absolute atomic E-state index is 12.5. The number of amides is 1. The smallest absolute Gasteiger partial charge is 0.266 e. The fraction of sp³-hybridized carbons (Fsp3) is 0.286. The molecular formula is C14H12INO3S3. The monoisotopic (exact) mass is 465 g/mol. The first-order chi connectivity index (χ1) is 10.4. The van der Waals surface area contributed by atoms with Crippen LogP contribution in [-0.2, 0) is 14.6 Å². The summed E-state index contributed by atoms with van der Waals surface area (Å²) in [6, 6.07) is 7.50. The van der Waals surface area contributed by atoms with Crippen molar-refractivity contribution in [3.05, 3.63) is 38.3 Å². The van der Waals surface area contributed by atoms with Gasteiger partial charge in [0, 0.05) is 3.57 Å². The van der Waals surface area contributed by atoms with Crippen molar-refractivity contribution < 1.29 is 13.2 Å². The molecule has 1 aromatic rings. The summed E-state index contributed by atoms with van der Waals surface area (Å²) >= 11 is 8.74. The summed E-state index contributed by atoms with van der Waals surface area (Å²) in [5.41, 5.74) is 0.931. The van der Waals surface area contributed by atoms with E-state index in [1.54, 1.807) is 6.08 Å². The summed E-state index contributed by atoms with van der Waals surface area (Å²) in [5.74, 6) is -0.0446. The Balaban J connectivity index is 1.84. The van der Waals surface area contributed by atoms with Gasteiger partial charge in [0.15, 0.2) is 9.84 Å². The van der Waals surface area contributed by atoms with Crippen LogP contribution in [-0.4, -0.2) is 41.1 Å². The van der Waals surface area contributed by atoms with Crippen LogP contribution in [0.1, 0.15) is 12.0 Å². The van der Waals surface area contributed by atoms with Gasteiger partial charge in [-0.15, -0.1) is 0 Å². The summed E-state index contributed by atoms with van der Waals surface area (Å²) in [7, 11) is -3.04. The molecule has 0 aliphatic carbocycles. The first kappa shape index (κ1) is 16.4. The third-order valence-electron chi connectivity index (χ3n) is 3.56. The molecule has 0 N–H and O–H groups in total. The summed E-state index contributed by atoms with van der Waals surface area (Å²) in [6.07, 6.45) is 2.27. The topological polar surface area (TPSA) is 54.5 Å². The zero-order valence-electron chi connectivity index (χ0n) is 11.4. The molecule has 2 aliphatic heterocycles. The fourth-order valence-electron chi connectivity index (χ4n) is 2.48. The Morgan fingerprint density at radius 1 is 1.32 bits per heavy atom. The van der Waals surface area contributed by atoms with Gasteiger partial charge in [0.05, 0.1) is 22.5 Å². The van der Waals surface area contributed by atoms with Crippen LogP contribution in [0.3, 0.4) is 0 Å². The number of halogens is 1. The second kappa shape index (κ2) is 6.21. The Kier molecular flexibility index (Phi) is 4.64. The third-order valence-corrected chi connectivity index (χ3v) is 7.36. The molecule has 2 fully saturated rings. The number of thiocarbonyl (C=S) groups is 1. The fourth-order valence-corrected chi connectivity index (χ4v) is 5.94. The summed E-state index contributed by atoms with van der Waals surface area (Å²) in [4.78, 5) is 14.6. The summed E-state index contributed by atoms with van der Waals surface area (Å²) in [6.45, 7) is 0. The second-order valence-electron chi connectivity index (χ2n) is 5.16. The van der Waals surface area contributed by atoms with Gasteiger partial charge in [-0.1, -0.05) is 36.1 Å². The van der Waals surface area contributed by atoms with E-state index in [-0.39, 0.29) is 23.5 Å². The van der Waals surface area contributed by atoms with Crippen LogP contribution in [0, 0.1) is 3.57 Å². The zero-order valence-corrected chi connectivity index (χ0v) is 16.0. The average Bonchev–Trinajstić information content (AvgIpc) is 2.93. The number of carbonyl (C=O) groups excluding carboxylic acids is 1. The van der Waals surface area contributed by atoms with Gasteiger partial charge in [-0.2, -0.15) is 0 Å². The van der Waals surface area contributed by atoms with Crippen molar-refractivity contribution in [1.82, 2.24) is 4.90 Å². The van der Waals surface area contributed by atoms with E-state index >= 15 is 0 Å². The van der Waals surface area contributed by atoms with Crippen LogP contribution in [0.5, 0.6) is 0 Å². The molecule has 0 saturated carbocycles. The highest BCUT2D eigenvalue weighted by Gasteiger charge is 2.41. The van der Waals surface area contributed by atoms with Crippen LogP contribution in [0.4, 0.5) is 0 Å². The van der Waals surface area contributed by atoms with Crippen molar-refractivity contribution in [3.8, 4) is 0 Å². The van der Waals surface area contributed by atoms with Gasteiger partial charge in [-0.25, -0.2) is 8.42 Å². The molecule has 0 radical (unpaired) electrons. The highest BCUT2D eigenvalue weighted by atomic mass is 127. The lowest BCUT2D eigenvalue weighted by Gasteiger charge is -2.20. The quantitative estimate of drug-likeness (QED) is 0.382. The second-order valence-corrected chi connectivity index (χ2v) is 10.3. The molecule has 4 nitrogen and oxygen atoms in total. The summed E-state index contributed by atoms with van der Waals surface area (Å²) < 4.78 is 24.8. The normalized spacial score (nSPS) is 26.1. The third kappa shape index (κ3) is 3.39. The Morgan fingerprint density at radius 2 is 2.00 bits per heavy atom. The SMILES string of the molecule is O=C1/C(=C\c2ccc(I)cc2)SC(=S)N1[C@@H]1CCS(=O)(=O)C1. The minimum Gasteiger partial charge on any atom is -0.289 e. The molecular weight excluding hydrogens is 453 g/mol. The molecule has 22 heavy (non-hydrogen) atoms. The van der Waals surface area contributed by atoms with Gasteiger partial charge in [0.2, 0.25) is 0 Å². The number of rotatable bonds is 2. The standard InChI is InChI=1S/C14H12INO3S3/c15-10-3-1-9(2-4-10)7-12-13(17)16(14(20)21-12)11-5-6-22(18,19)8-11/h1-4,7,11H,5-6,8H2/b12-7+/t11-/m1/s1. The van der Waals surface area contributed by atoms with Gasteiger partial charge in [-0.3, -0.25) is 9.69 Å². The molecule has 8 heteroatoms. The van der Waals surface area contributed by atoms with Crippen LogP contribution in [0.2, 0.25) is 0 Å². The van der Waals surface area contributed by atoms with Crippen molar-refractivity contribution >= 4 is 72.7 Å². The maximum atomic E-state index is 12.5. The van der Waals surface area contributed by atoms with E-state index in [0.29, 0.717) is 15.6 Å².